The molecular formula is C23H28N2O7. The van der Waals surface area contributed by atoms with Gasteiger partial charge in [0.05, 0.1) is 26.7 Å². The molecule has 0 bridgehead atoms. The number of hydrogen-bond acceptors (Lipinski definition) is 7. The number of ether oxygens (including phenoxy) is 2. The number of phenolic OH excluding ortho intramolecular Hbond substituents is 1. The number of amides is 1. The molecule has 2 rings (SSSR count). The molecule has 0 unspecified atom stereocenters. The van der Waals surface area contributed by atoms with Crippen LogP contribution < -0.4 is 15.4 Å². The summed E-state index contributed by atoms with van der Waals surface area (Å²) in [6.45, 7) is 0.276. The summed E-state index contributed by atoms with van der Waals surface area (Å²) in [5, 5.41) is 24.6. The Morgan fingerprint density at radius 1 is 1.00 bits per heavy atom. The standard InChI is InChI=1S/C23H28N2O7/c1-31-20-9-8-16(13-19(20)26)10-11-24-17(14-21(27)28)22(29)25-18(23(30)32-2)12-15-6-4-3-5-7-15/h3-9,13,17-18,24,26H,10-12,14H2,1-2H3,(H,25,29)(H,27,28)/t17-,18-/m0/s1. The minimum Gasteiger partial charge on any atom is -0.504 e. The first-order chi connectivity index (χ1) is 15.3. The lowest BCUT2D eigenvalue weighted by Crippen LogP contribution is -2.52. The molecule has 0 aromatic heterocycles. The fourth-order valence-corrected chi connectivity index (χ4v) is 3.17. The number of carbonyl (C=O) groups is 3. The lowest BCUT2D eigenvalue weighted by Gasteiger charge is -2.21. The maximum absolute atomic E-state index is 12.8. The van der Waals surface area contributed by atoms with Crippen LogP contribution in [0.4, 0.5) is 0 Å². The molecule has 1 amide bonds. The fourth-order valence-electron chi connectivity index (χ4n) is 3.17. The van der Waals surface area contributed by atoms with Crippen molar-refractivity contribution in [2.75, 3.05) is 20.8 Å². The SMILES string of the molecule is COC(=O)[C@H](Cc1ccccc1)NC(=O)[C@H](CC(=O)O)NCCc1ccc(OC)c(O)c1. The number of carboxylic acid groups (broad SMARTS) is 1. The number of aliphatic carboxylic acids is 1. The molecule has 0 aliphatic heterocycles. The zero-order valence-electron chi connectivity index (χ0n) is 18.0. The van der Waals surface area contributed by atoms with Crippen LogP contribution >= 0.6 is 0 Å². The largest absolute Gasteiger partial charge is 0.504 e. The highest BCUT2D eigenvalue weighted by Gasteiger charge is 2.27. The minimum absolute atomic E-state index is 0.00772. The lowest BCUT2D eigenvalue weighted by molar-refractivity contribution is -0.145. The summed E-state index contributed by atoms with van der Waals surface area (Å²) in [5.74, 6) is -2.05. The van der Waals surface area contributed by atoms with Gasteiger partial charge in [0.25, 0.3) is 0 Å². The highest BCUT2D eigenvalue weighted by molar-refractivity contribution is 5.90. The molecule has 0 aliphatic carbocycles. The van der Waals surface area contributed by atoms with Gasteiger partial charge in [0.2, 0.25) is 5.91 Å². The van der Waals surface area contributed by atoms with Crippen LogP contribution in [0.3, 0.4) is 0 Å². The second kappa shape index (κ2) is 12.3. The minimum atomic E-state index is -1.16. The number of aromatic hydroxyl groups is 1. The van der Waals surface area contributed by atoms with Crippen molar-refractivity contribution in [1.82, 2.24) is 10.6 Å². The number of rotatable bonds is 12. The van der Waals surface area contributed by atoms with Gasteiger partial charge in [-0.25, -0.2) is 4.79 Å². The highest BCUT2D eigenvalue weighted by atomic mass is 16.5. The van der Waals surface area contributed by atoms with E-state index in [1.165, 1.54) is 14.2 Å². The molecule has 172 valence electrons. The van der Waals surface area contributed by atoms with E-state index in [-0.39, 0.29) is 18.7 Å². The Hall–Kier alpha value is -3.59. The monoisotopic (exact) mass is 444 g/mol. The second-order valence-corrected chi connectivity index (χ2v) is 7.13. The highest BCUT2D eigenvalue weighted by Crippen LogP contribution is 2.26. The van der Waals surface area contributed by atoms with Gasteiger partial charge in [0, 0.05) is 6.42 Å². The van der Waals surface area contributed by atoms with Crippen LogP contribution in [0.5, 0.6) is 11.5 Å². The molecule has 0 spiro atoms. The molecule has 0 heterocycles. The van der Waals surface area contributed by atoms with Gasteiger partial charge in [-0.3, -0.25) is 9.59 Å². The molecular weight excluding hydrogens is 416 g/mol. The summed E-state index contributed by atoms with van der Waals surface area (Å²) in [5.41, 5.74) is 1.60. The van der Waals surface area contributed by atoms with Crippen molar-refractivity contribution < 1.29 is 34.1 Å². The molecule has 32 heavy (non-hydrogen) atoms. The number of carboxylic acids is 1. The molecule has 4 N–H and O–H groups in total. The van der Waals surface area contributed by atoms with Crippen LogP contribution in [-0.4, -0.2) is 60.9 Å². The van der Waals surface area contributed by atoms with Gasteiger partial charge in [-0.05, 0) is 36.2 Å². The summed E-state index contributed by atoms with van der Waals surface area (Å²) < 4.78 is 9.80. The van der Waals surface area contributed by atoms with E-state index in [9.17, 15) is 24.6 Å². The van der Waals surface area contributed by atoms with Gasteiger partial charge >= 0.3 is 11.9 Å². The Labute approximate surface area is 186 Å². The molecule has 9 heteroatoms. The summed E-state index contributed by atoms with van der Waals surface area (Å²) in [6, 6.07) is 12.0. The summed E-state index contributed by atoms with van der Waals surface area (Å²) in [4.78, 5) is 36.2. The van der Waals surface area contributed by atoms with E-state index < -0.39 is 36.4 Å². The normalized spacial score (nSPS) is 12.4. The van der Waals surface area contributed by atoms with E-state index in [0.29, 0.717) is 12.2 Å². The van der Waals surface area contributed by atoms with Crippen LogP contribution in [0.1, 0.15) is 17.5 Å². The lowest BCUT2D eigenvalue weighted by atomic mass is 10.0. The first kappa shape index (κ1) is 24.7. The molecule has 9 nitrogen and oxygen atoms in total. The number of hydrogen-bond donors (Lipinski definition) is 4. The Morgan fingerprint density at radius 2 is 1.72 bits per heavy atom. The average Bonchev–Trinajstić information content (AvgIpc) is 2.78. The van der Waals surface area contributed by atoms with Crippen molar-refractivity contribution in [3.63, 3.8) is 0 Å². The fraction of sp³-hybridized carbons (Fsp3) is 0.348. The Morgan fingerprint density at radius 3 is 2.31 bits per heavy atom. The molecule has 2 aromatic carbocycles. The first-order valence-corrected chi connectivity index (χ1v) is 10.1. The Bertz CT molecular complexity index is 918. The van der Waals surface area contributed by atoms with Gasteiger partial charge in [-0.1, -0.05) is 36.4 Å². The number of carbonyl (C=O) groups excluding carboxylic acids is 2. The van der Waals surface area contributed by atoms with Gasteiger partial charge in [-0.15, -0.1) is 0 Å². The van der Waals surface area contributed by atoms with Crippen LogP contribution in [0.25, 0.3) is 0 Å². The van der Waals surface area contributed by atoms with Crippen molar-refractivity contribution in [3.8, 4) is 11.5 Å². The van der Waals surface area contributed by atoms with Crippen molar-refractivity contribution >= 4 is 17.8 Å². The van der Waals surface area contributed by atoms with E-state index in [1.807, 2.05) is 30.3 Å². The van der Waals surface area contributed by atoms with Crippen LogP contribution in [-0.2, 0) is 32.0 Å². The van der Waals surface area contributed by atoms with Crippen LogP contribution in [0, 0.1) is 0 Å². The zero-order chi connectivity index (χ0) is 23.5. The third kappa shape index (κ3) is 7.59. The van der Waals surface area contributed by atoms with Gasteiger partial charge in [0.1, 0.15) is 6.04 Å². The number of esters is 1. The van der Waals surface area contributed by atoms with Crippen LogP contribution in [0.2, 0.25) is 0 Å². The molecule has 0 fully saturated rings. The smallest absolute Gasteiger partial charge is 0.328 e. The van der Waals surface area contributed by atoms with Crippen molar-refractivity contribution in [3.05, 3.63) is 59.7 Å². The molecule has 2 atom stereocenters. The number of methoxy groups -OCH3 is 2. The van der Waals surface area contributed by atoms with E-state index in [0.717, 1.165) is 11.1 Å². The van der Waals surface area contributed by atoms with Crippen molar-refractivity contribution in [1.29, 1.82) is 0 Å². The molecule has 0 saturated carbocycles. The maximum Gasteiger partial charge on any atom is 0.328 e. The van der Waals surface area contributed by atoms with Crippen LogP contribution in [0.15, 0.2) is 48.5 Å². The van der Waals surface area contributed by atoms with Gasteiger partial charge in [-0.2, -0.15) is 0 Å². The van der Waals surface area contributed by atoms with E-state index in [1.54, 1.807) is 18.2 Å². The predicted octanol–water partition coefficient (Wildman–Crippen LogP) is 1.28. The van der Waals surface area contributed by atoms with Gasteiger partial charge < -0.3 is 30.3 Å². The molecule has 2 aromatic rings. The van der Waals surface area contributed by atoms with Crippen molar-refractivity contribution in [2.24, 2.45) is 0 Å². The third-order valence-electron chi connectivity index (χ3n) is 4.83. The molecule has 0 aliphatic rings. The van der Waals surface area contributed by atoms with Crippen molar-refractivity contribution in [2.45, 2.75) is 31.3 Å². The third-order valence-corrected chi connectivity index (χ3v) is 4.83. The average molecular weight is 444 g/mol. The number of phenols is 1. The number of nitrogens with one attached hydrogen (secondary N) is 2. The Balaban J connectivity index is 2.02. The van der Waals surface area contributed by atoms with E-state index in [2.05, 4.69) is 10.6 Å². The number of benzene rings is 2. The topological polar surface area (TPSA) is 134 Å². The first-order valence-electron chi connectivity index (χ1n) is 10.1. The zero-order valence-corrected chi connectivity index (χ0v) is 18.0. The summed E-state index contributed by atoms with van der Waals surface area (Å²) >= 11 is 0. The summed E-state index contributed by atoms with van der Waals surface area (Å²) in [6.07, 6.45) is 0.189. The molecule has 0 radical (unpaired) electrons. The van der Waals surface area contributed by atoms with E-state index >= 15 is 0 Å². The van der Waals surface area contributed by atoms with Gasteiger partial charge in [0.15, 0.2) is 11.5 Å². The predicted molar refractivity (Wildman–Crippen MR) is 116 cm³/mol. The van der Waals surface area contributed by atoms with E-state index in [4.69, 9.17) is 9.47 Å². The molecule has 0 saturated heterocycles. The maximum atomic E-state index is 12.8. The Kier molecular flexibility index (Phi) is 9.49. The summed E-state index contributed by atoms with van der Waals surface area (Å²) in [7, 11) is 2.68. The second-order valence-electron chi connectivity index (χ2n) is 7.13. The quantitative estimate of drug-likeness (QED) is 0.360.